The number of unbranched alkanes of at least 4 members (excludes halogenated alkanes) is 2. The third-order valence-electron chi connectivity index (χ3n) is 7.29. The summed E-state index contributed by atoms with van der Waals surface area (Å²) in [6.45, 7) is 12.9. The van der Waals surface area contributed by atoms with Gasteiger partial charge in [0.15, 0.2) is 8.32 Å². The van der Waals surface area contributed by atoms with Crippen molar-refractivity contribution in [1.29, 1.82) is 0 Å². The van der Waals surface area contributed by atoms with Crippen molar-refractivity contribution < 1.29 is 19.0 Å². The zero-order valence-electron chi connectivity index (χ0n) is 21.4. The number of benzene rings is 1. The minimum absolute atomic E-state index is 0.0854. The minimum atomic E-state index is -2.00. The average molecular weight is 463 g/mol. The molecule has 5 heteroatoms. The molecule has 0 saturated heterocycles. The van der Waals surface area contributed by atoms with Crippen LogP contribution in [0.15, 0.2) is 36.4 Å². The maximum absolute atomic E-state index is 11.9. The van der Waals surface area contributed by atoms with Gasteiger partial charge in [-0.1, -0.05) is 57.2 Å². The Morgan fingerprint density at radius 3 is 2.22 bits per heavy atom. The Bertz CT molecular complexity index is 725. The third-order valence-corrected chi connectivity index (χ3v) is 11.8. The van der Waals surface area contributed by atoms with Gasteiger partial charge in [0.05, 0.1) is 11.7 Å². The molecule has 2 rings (SSSR count). The van der Waals surface area contributed by atoms with Crippen molar-refractivity contribution in [2.75, 3.05) is 27.4 Å². The van der Waals surface area contributed by atoms with E-state index in [1.54, 1.807) is 14.2 Å². The molecule has 0 spiro atoms. The lowest BCUT2D eigenvalue weighted by Gasteiger charge is -2.42. The largest absolute Gasteiger partial charge is 0.410 e. The van der Waals surface area contributed by atoms with Crippen molar-refractivity contribution in [3.05, 3.63) is 47.5 Å². The van der Waals surface area contributed by atoms with Crippen molar-refractivity contribution >= 4 is 8.32 Å². The molecule has 1 aromatic carbocycles. The summed E-state index contributed by atoms with van der Waals surface area (Å²) in [5, 5.41) is 12.0. The standard InChI is InChI=1S/C27H46O4Si/c1-26(2,3)32(6,7)31-24-17-19-27(28,18-11-13-21-30-5)25(24)23-16-9-8-14-22(23)15-10-12-20-29-4/h8-9,14,16-17,19,24-25,28H,10-13,15,18,20-21H2,1-7H3/t24-,25+,27-/m1/s1. The Balaban J connectivity index is 2.34. The van der Waals surface area contributed by atoms with Gasteiger partial charge in [0.2, 0.25) is 0 Å². The fourth-order valence-electron chi connectivity index (χ4n) is 4.35. The molecule has 3 atom stereocenters. The van der Waals surface area contributed by atoms with E-state index in [2.05, 4.69) is 64.2 Å². The van der Waals surface area contributed by atoms with E-state index in [1.807, 2.05) is 6.08 Å². The molecule has 182 valence electrons. The van der Waals surface area contributed by atoms with Gasteiger partial charge in [-0.05, 0) is 67.8 Å². The zero-order chi connectivity index (χ0) is 23.8. The lowest BCUT2D eigenvalue weighted by molar-refractivity contribution is 0.0244. The van der Waals surface area contributed by atoms with Gasteiger partial charge < -0.3 is 19.0 Å². The summed E-state index contributed by atoms with van der Waals surface area (Å²) in [5.74, 6) is -0.0854. The van der Waals surface area contributed by atoms with Crippen molar-refractivity contribution in [2.24, 2.45) is 0 Å². The van der Waals surface area contributed by atoms with E-state index in [4.69, 9.17) is 13.9 Å². The summed E-state index contributed by atoms with van der Waals surface area (Å²) in [6.07, 6.45) is 9.73. The molecule has 0 fully saturated rings. The molecule has 4 nitrogen and oxygen atoms in total. The summed E-state index contributed by atoms with van der Waals surface area (Å²) in [4.78, 5) is 0. The number of rotatable bonds is 13. The lowest BCUT2D eigenvalue weighted by Crippen LogP contribution is -2.47. The normalized spacial score (nSPS) is 23.8. The molecule has 0 saturated carbocycles. The second kappa shape index (κ2) is 11.9. The number of hydrogen-bond donors (Lipinski definition) is 1. The minimum Gasteiger partial charge on any atom is -0.410 e. The van der Waals surface area contributed by atoms with E-state index in [0.717, 1.165) is 45.3 Å². The van der Waals surface area contributed by atoms with Gasteiger partial charge in [0.1, 0.15) is 0 Å². The van der Waals surface area contributed by atoms with Crippen LogP contribution >= 0.6 is 0 Å². The predicted octanol–water partition coefficient (Wildman–Crippen LogP) is 6.25. The molecular weight excluding hydrogens is 416 g/mol. The smallest absolute Gasteiger partial charge is 0.192 e. The molecule has 0 bridgehead atoms. The molecule has 0 unspecified atom stereocenters. The van der Waals surface area contributed by atoms with E-state index in [9.17, 15) is 5.11 Å². The van der Waals surface area contributed by atoms with Gasteiger partial charge >= 0.3 is 0 Å². The maximum atomic E-state index is 11.9. The van der Waals surface area contributed by atoms with Crippen molar-refractivity contribution in [3.63, 3.8) is 0 Å². The second-order valence-corrected chi connectivity index (χ2v) is 15.5. The first-order valence-electron chi connectivity index (χ1n) is 12.2. The average Bonchev–Trinajstić information content (AvgIpc) is 3.03. The van der Waals surface area contributed by atoms with Gasteiger partial charge in [-0.15, -0.1) is 0 Å². The van der Waals surface area contributed by atoms with Crippen LogP contribution in [-0.4, -0.2) is 52.6 Å². The number of aliphatic hydroxyl groups is 1. The molecule has 0 amide bonds. The van der Waals surface area contributed by atoms with E-state index in [-0.39, 0.29) is 17.1 Å². The van der Waals surface area contributed by atoms with E-state index in [0.29, 0.717) is 6.42 Å². The fourth-order valence-corrected chi connectivity index (χ4v) is 5.60. The Morgan fingerprint density at radius 2 is 1.59 bits per heavy atom. The number of hydrogen-bond acceptors (Lipinski definition) is 4. The first-order chi connectivity index (χ1) is 15.1. The molecule has 1 aliphatic carbocycles. The van der Waals surface area contributed by atoms with Crippen LogP contribution in [0.25, 0.3) is 0 Å². The Morgan fingerprint density at radius 1 is 0.969 bits per heavy atom. The van der Waals surface area contributed by atoms with Crippen molar-refractivity contribution in [1.82, 2.24) is 0 Å². The maximum Gasteiger partial charge on any atom is 0.192 e. The number of methoxy groups -OCH3 is 2. The molecule has 0 aliphatic heterocycles. The molecule has 0 heterocycles. The van der Waals surface area contributed by atoms with Crippen molar-refractivity contribution in [3.8, 4) is 0 Å². The van der Waals surface area contributed by atoms with E-state index in [1.165, 1.54) is 11.1 Å². The van der Waals surface area contributed by atoms with E-state index < -0.39 is 13.9 Å². The first kappa shape index (κ1) is 27.3. The highest BCUT2D eigenvalue weighted by Crippen LogP contribution is 2.47. The number of ether oxygens (including phenoxy) is 2. The Labute approximate surface area is 197 Å². The molecule has 1 aromatic rings. The molecule has 0 radical (unpaired) electrons. The van der Waals surface area contributed by atoms with Crippen molar-refractivity contribution in [2.45, 2.75) is 95.1 Å². The predicted molar refractivity (Wildman–Crippen MR) is 136 cm³/mol. The van der Waals surface area contributed by atoms with Crippen LogP contribution in [0.5, 0.6) is 0 Å². The Hall–Kier alpha value is -0.983. The molecular formula is C27H46O4Si. The van der Waals surface area contributed by atoms with Gasteiger partial charge in [-0.25, -0.2) is 0 Å². The summed E-state index contributed by atoms with van der Waals surface area (Å²) < 4.78 is 17.4. The van der Waals surface area contributed by atoms with Crippen LogP contribution in [-0.2, 0) is 20.3 Å². The molecule has 0 aromatic heterocycles. The van der Waals surface area contributed by atoms with E-state index >= 15 is 0 Å². The second-order valence-electron chi connectivity index (χ2n) is 10.8. The summed E-state index contributed by atoms with van der Waals surface area (Å²) in [5.41, 5.74) is 1.65. The van der Waals surface area contributed by atoms with Crippen LogP contribution in [0.2, 0.25) is 18.1 Å². The fraction of sp³-hybridized carbons (Fsp3) is 0.704. The Kier molecular flexibility index (Phi) is 10.2. The van der Waals surface area contributed by atoms with Crippen LogP contribution in [0.1, 0.15) is 69.9 Å². The van der Waals surface area contributed by atoms with Crippen LogP contribution in [0.4, 0.5) is 0 Å². The summed E-state index contributed by atoms with van der Waals surface area (Å²) in [6, 6.07) is 8.63. The lowest BCUT2D eigenvalue weighted by atomic mass is 9.78. The van der Waals surface area contributed by atoms with Gasteiger partial charge in [-0.3, -0.25) is 0 Å². The highest BCUT2D eigenvalue weighted by molar-refractivity contribution is 6.74. The topological polar surface area (TPSA) is 47.9 Å². The number of aryl methyl sites for hydroxylation is 1. The molecule has 1 aliphatic rings. The summed E-state index contributed by atoms with van der Waals surface area (Å²) >= 11 is 0. The van der Waals surface area contributed by atoms with Crippen LogP contribution in [0, 0.1) is 0 Å². The molecule has 32 heavy (non-hydrogen) atoms. The first-order valence-corrected chi connectivity index (χ1v) is 15.1. The third kappa shape index (κ3) is 7.01. The highest BCUT2D eigenvalue weighted by atomic mass is 28.4. The van der Waals surface area contributed by atoms with Gasteiger partial charge in [0, 0.05) is 33.4 Å². The van der Waals surface area contributed by atoms with Gasteiger partial charge in [0.25, 0.3) is 0 Å². The monoisotopic (exact) mass is 462 g/mol. The zero-order valence-corrected chi connectivity index (χ0v) is 22.4. The quantitative estimate of drug-likeness (QED) is 0.214. The SMILES string of the molecule is COCCCCc1ccccc1[C@H]1[C@H](O[Si](C)(C)C(C)(C)C)C=C[C@]1(O)CCCCOC. The van der Waals surface area contributed by atoms with Crippen LogP contribution < -0.4 is 0 Å². The highest BCUT2D eigenvalue weighted by Gasteiger charge is 2.48. The van der Waals surface area contributed by atoms with Gasteiger partial charge in [-0.2, -0.15) is 0 Å². The molecule has 1 N–H and O–H groups in total. The summed E-state index contributed by atoms with van der Waals surface area (Å²) in [7, 11) is 1.48. The van der Waals surface area contributed by atoms with Crippen LogP contribution in [0.3, 0.4) is 0 Å².